The van der Waals surface area contributed by atoms with Gasteiger partial charge in [0, 0.05) is 76.1 Å². The number of aromatic nitrogens is 6. The van der Waals surface area contributed by atoms with E-state index < -0.39 is 14.7 Å². The molecule has 0 spiro atoms. The van der Waals surface area contributed by atoms with Crippen molar-refractivity contribution in [1.29, 1.82) is 0 Å². The average Bonchev–Trinajstić information content (AvgIpc) is 0.648. The van der Waals surface area contributed by atoms with Crippen LogP contribution < -0.4 is 0 Å². The molecule has 8 heteroatoms. The Morgan fingerprint density at radius 2 is 0.356 bits per heavy atom. The molecule has 6 aromatic heterocycles. The van der Waals surface area contributed by atoms with E-state index in [9.17, 15) is 0 Å². The lowest BCUT2D eigenvalue weighted by molar-refractivity contribution is 1.12. The van der Waals surface area contributed by atoms with E-state index in [1.807, 2.05) is 0 Å². The van der Waals surface area contributed by atoms with Crippen LogP contribution in [0.3, 0.4) is 0 Å². The molecule has 0 atom stereocenters. The SMILES string of the molecule is c1ccc(-n2c3cc4ccccc4c4c3p3c5c(cc6ccccc6c5n4-c4ccccc4)n(-c4ccccc4)c4c5c6c(c2c43)n(-c2ccccc2)c2cc3ccccc3c3c2p6c2c(cc4ccccc4c2n3-c2ccccc2)n5-c2ccccc2)cc1. The van der Waals surface area contributed by atoms with Crippen LogP contribution in [0.25, 0.3) is 174 Å². The maximum absolute atomic E-state index is 2.73. The summed E-state index contributed by atoms with van der Waals surface area (Å²) >= 11 is 0. The normalized spacial score (nSPS) is 12.4. The number of para-hydroxylation sites is 6. The lowest BCUT2D eigenvalue weighted by atomic mass is 10.0. The highest BCUT2D eigenvalue weighted by atomic mass is 31.1. The summed E-state index contributed by atoms with van der Waals surface area (Å²) in [6.07, 6.45) is 0. The van der Waals surface area contributed by atoms with E-state index in [0.717, 1.165) is 34.1 Å². The maximum Gasteiger partial charge on any atom is 0.0852 e. The van der Waals surface area contributed by atoms with Gasteiger partial charge in [0.1, 0.15) is 0 Å². The molecule has 21 aromatic rings. The fourth-order valence-electron chi connectivity index (χ4n) is 16.1. The third-order valence-corrected chi connectivity index (χ3v) is 24.7. The molecule has 0 bridgehead atoms. The predicted molar refractivity (Wildman–Crippen MR) is 384 cm³/mol. The zero-order chi connectivity index (χ0) is 58.4. The molecule has 0 amide bonds. The molecule has 0 radical (unpaired) electrons. The molecule has 0 aliphatic carbocycles. The van der Waals surface area contributed by atoms with Crippen LogP contribution in [0.4, 0.5) is 0 Å². The lowest BCUT2D eigenvalue weighted by Gasteiger charge is -2.34. The highest BCUT2D eigenvalue weighted by molar-refractivity contribution is 7.65. The van der Waals surface area contributed by atoms with Crippen molar-refractivity contribution in [3.63, 3.8) is 0 Å². The van der Waals surface area contributed by atoms with Crippen LogP contribution >= 0.6 is 14.7 Å². The molecule has 0 aliphatic heterocycles. The second kappa shape index (κ2) is 18.2. The van der Waals surface area contributed by atoms with Crippen molar-refractivity contribution >= 4 is 155 Å². The van der Waals surface area contributed by atoms with Gasteiger partial charge < -0.3 is 27.4 Å². The second-order valence-corrected chi connectivity index (χ2v) is 28.1. The Kier molecular flexibility index (Phi) is 9.85. The molecule has 418 valence electrons. The first-order chi connectivity index (χ1) is 44.8. The molecule has 21 rings (SSSR count). The third kappa shape index (κ3) is 6.28. The highest BCUT2D eigenvalue weighted by Gasteiger charge is 2.36. The molecule has 0 saturated carbocycles. The van der Waals surface area contributed by atoms with Crippen LogP contribution in [0.5, 0.6) is 0 Å². The molecule has 0 N–H and O–H groups in total. The Morgan fingerprint density at radius 1 is 0.167 bits per heavy atom. The zero-order valence-electron chi connectivity index (χ0n) is 48.4. The van der Waals surface area contributed by atoms with Crippen molar-refractivity contribution in [3.05, 3.63) is 303 Å². The fourth-order valence-corrected chi connectivity index (χ4v) is 22.4. The number of benzene rings is 15. The van der Waals surface area contributed by atoms with E-state index in [0.29, 0.717) is 0 Å². The first kappa shape index (κ1) is 48.8. The van der Waals surface area contributed by atoms with E-state index in [1.54, 1.807) is 0 Å². The maximum atomic E-state index is 2.73. The molecule has 90 heavy (non-hydrogen) atoms. The first-order valence-corrected chi connectivity index (χ1v) is 33.6. The first-order valence-electron chi connectivity index (χ1n) is 30.9. The summed E-state index contributed by atoms with van der Waals surface area (Å²) in [5, 5.41) is 17.9. The number of rotatable bonds is 6. The number of hydrogen-bond acceptors (Lipinski definition) is 0. The Labute approximate surface area is 516 Å². The summed E-state index contributed by atoms with van der Waals surface area (Å²) < 4.78 is 16.2. The second-order valence-electron chi connectivity index (χ2n) is 24.0. The Bertz CT molecular complexity index is 5840. The van der Waals surface area contributed by atoms with Gasteiger partial charge >= 0.3 is 0 Å². The monoisotopic (exact) mass is 1180 g/mol. The van der Waals surface area contributed by atoms with Gasteiger partial charge in [0.15, 0.2) is 0 Å². The molecule has 0 fully saturated rings. The minimum Gasteiger partial charge on any atom is -0.307 e. The summed E-state index contributed by atoms with van der Waals surface area (Å²) in [7, 11) is -2.81. The van der Waals surface area contributed by atoms with Crippen molar-refractivity contribution < 1.29 is 0 Å². The topological polar surface area (TPSA) is 29.6 Å². The molecule has 6 nitrogen and oxygen atoms in total. The van der Waals surface area contributed by atoms with E-state index in [1.165, 1.54) is 140 Å². The third-order valence-electron chi connectivity index (χ3n) is 19.4. The van der Waals surface area contributed by atoms with Gasteiger partial charge in [0.25, 0.3) is 0 Å². The summed E-state index contributed by atoms with van der Waals surface area (Å²) in [6.45, 7) is 0. The van der Waals surface area contributed by atoms with E-state index >= 15 is 0 Å². The molecule has 0 saturated heterocycles. The van der Waals surface area contributed by atoms with Crippen molar-refractivity contribution in [2.24, 2.45) is 0 Å². The quantitative estimate of drug-likeness (QED) is 0.117. The fraction of sp³-hybridized carbons (Fsp3) is 0. The van der Waals surface area contributed by atoms with Crippen LogP contribution in [-0.2, 0) is 0 Å². The molecule has 0 aliphatic rings. The van der Waals surface area contributed by atoms with Crippen LogP contribution in [0.2, 0.25) is 0 Å². The van der Waals surface area contributed by atoms with Gasteiger partial charge in [-0.05, 0) is 119 Å². The molecule has 6 heterocycles. The predicted octanol–water partition coefficient (Wildman–Crippen LogP) is 23.1. The number of nitrogens with zero attached hydrogens (tertiary/aromatic N) is 6. The van der Waals surface area contributed by atoms with Crippen LogP contribution in [0, 0.1) is 0 Å². The van der Waals surface area contributed by atoms with Gasteiger partial charge in [-0.3, -0.25) is 0 Å². The van der Waals surface area contributed by atoms with Gasteiger partial charge in [-0.25, -0.2) is 0 Å². The standard InChI is InChI=1S/C82H50N6P2/c1-7-31-55(32-8-1)83-65-47-51-27-19-23-43-61(51)69-77(65)89-78-67(49-53-29-21-24-44-62(53)70(78)87(69)59-39-15-5-16-40-59)85(57-35-11-3-12-36-57)75-76-82-74(73(83)81(75)89)84(56-33-9-2-10-34-56)66-48-52-28-20-25-45-63(52)71-79(66)90(82)80-68(86(76)58-37-13-4-14-38-58)50-54-30-22-26-46-64(54)72(80)88(71)60-41-17-6-18-42-60/h1-50H. The summed E-state index contributed by atoms with van der Waals surface area (Å²) in [4.78, 5) is 0. The van der Waals surface area contributed by atoms with Crippen molar-refractivity contribution in [1.82, 2.24) is 27.4 Å². The molecular formula is C82H50N6P2. The summed E-state index contributed by atoms with van der Waals surface area (Å²) in [5.74, 6) is 0. The van der Waals surface area contributed by atoms with Gasteiger partial charge in [0.05, 0.1) is 76.4 Å². The summed E-state index contributed by atoms with van der Waals surface area (Å²) in [6, 6.07) is 115. The Balaban J connectivity index is 1.23. The van der Waals surface area contributed by atoms with E-state index in [2.05, 4.69) is 331 Å². The average molecular weight is 1180 g/mol. The van der Waals surface area contributed by atoms with E-state index in [-0.39, 0.29) is 0 Å². The highest BCUT2D eigenvalue weighted by Crippen LogP contribution is 2.65. The van der Waals surface area contributed by atoms with Crippen LogP contribution in [0.15, 0.2) is 303 Å². The van der Waals surface area contributed by atoms with Crippen LogP contribution in [0.1, 0.15) is 0 Å². The minimum absolute atomic E-state index is 1.11. The van der Waals surface area contributed by atoms with Crippen molar-refractivity contribution in [2.45, 2.75) is 0 Å². The number of hydrogen-bond donors (Lipinski definition) is 0. The molecule has 0 unspecified atom stereocenters. The zero-order valence-corrected chi connectivity index (χ0v) is 50.2. The Hall–Kier alpha value is -11.3. The van der Waals surface area contributed by atoms with Gasteiger partial charge in [-0.2, -0.15) is 0 Å². The van der Waals surface area contributed by atoms with Gasteiger partial charge in [-0.1, -0.05) is 221 Å². The van der Waals surface area contributed by atoms with Gasteiger partial charge in [0.2, 0.25) is 0 Å². The largest absolute Gasteiger partial charge is 0.307 e. The van der Waals surface area contributed by atoms with Crippen molar-refractivity contribution in [2.75, 3.05) is 0 Å². The van der Waals surface area contributed by atoms with Crippen LogP contribution in [-0.4, -0.2) is 27.4 Å². The Morgan fingerprint density at radius 3 is 0.578 bits per heavy atom. The molecule has 15 aromatic carbocycles. The van der Waals surface area contributed by atoms with E-state index in [4.69, 9.17) is 0 Å². The summed E-state index contributed by atoms with van der Waals surface area (Å²) in [5.41, 5.74) is 21.4. The number of fused-ring (bicyclic) bond motifs is 10. The minimum atomic E-state index is -1.41. The lowest BCUT2D eigenvalue weighted by Crippen LogP contribution is -2.14. The van der Waals surface area contributed by atoms with Crippen molar-refractivity contribution in [3.8, 4) is 34.1 Å². The molecular weight excluding hydrogens is 1130 g/mol. The van der Waals surface area contributed by atoms with Gasteiger partial charge in [-0.15, -0.1) is 0 Å². The smallest absolute Gasteiger partial charge is 0.0852 e.